The largest absolute Gasteiger partial charge is 0.367 e. The lowest BCUT2D eigenvalue weighted by Crippen LogP contribution is -2.57. The molecule has 0 radical (unpaired) electrons. The van der Waals surface area contributed by atoms with Crippen LogP contribution >= 0.6 is 0 Å². The third-order valence-corrected chi connectivity index (χ3v) is 5.89. The number of anilines is 1. The molecular formula is C23H27N7O. The van der Waals surface area contributed by atoms with Crippen LogP contribution < -0.4 is 15.8 Å². The molecule has 160 valence electrons. The molecule has 0 bridgehead atoms. The Morgan fingerprint density at radius 2 is 1.84 bits per heavy atom. The topological polar surface area (TPSA) is 79.8 Å². The highest BCUT2D eigenvalue weighted by molar-refractivity contribution is 5.67. The molecule has 8 nitrogen and oxygen atoms in total. The Morgan fingerprint density at radius 1 is 1.03 bits per heavy atom. The van der Waals surface area contributed by atoms with Gasteiger partial charge in [0.25, 0.3) is 5.56 Å². The molecule has 5 heterocycles. The Bertz CT molecular complexity index is 1380. The van der Waals surface area contributed by atoms with E-state index in [2.05, 4.69) is 40.2 Å². The van der Waals surface area contributed by atoms with E-state index in [-0.39, 0.29) is 11.1 Å². The molecule has 0 saturated carbocycles. The number of aromatic nitrogens is 5. The summed E-state index contributed by atoms with van der Waals surface area (Å²) >= 11 is 0. The zero-order valence-corrected chi connectivity index (χ0v) is 18.6. The number of hydrogen-bond donors (Lipinski definition) is 1. The molecule has 5 rings (SSSR count). The summed E-state index contributed by atoms with van der Waals surface area (Å²) in [6, 6.07) is 5.62. The molecule has 0 atom stereocenters. The number of nitrogens with zero attached hydrogens (tertiary/aromatic N) is 6. The Balaban J connectivity index is 1.61. The second kappa shape index (κ2) is 6.88. The van der Waals surface area contributed by atoms with E-state index >= 15 is 0 Å². The molecule has 1 saturated heterocycles. The molecular weight excluding hydrogens is 390 g/mol. The number of aryl methyl sites for hydroxylation is 3. The smallest absolute Gasteiger partial charge is 0.258 e. The van der Waals surface area contributed by atoms with Crippen molar-refractivity contribution in [2.45, 2.75) is 40.2 Å². The maximum absolute atomic E-state index is 13.1. The first-order chi connectivity index (χ1) is 14.7. The van der Waals surface area contributed by atoms with Crippen molar-refractivity contribution < 1.29 is 0 Å². The van der Waals surface area contributed by atoms with E-state index in [9.17, 15) is 4.79 Å². The molecule has 0 unspecified atom stereocenters. The Kier molecular flexibility index (Phi) is 4.37. The van der Waals surface area contributed by atoms with Gasteiger partial charge in [0.1, 0.15) is 11.3 Å². The molecule has 1 aliphatic heterocycles. The number of piperazine rings is 1. The molecule has 0 aromatic carbocycles. The van der Waals surface area contributed by atoms with Gasteiger partial charge in [-0.3, -0.25) is 14.2 Å². The summed E-state index contributed by atoms with van der Waals surface area (Å²) in [5, 5.41) is 8.17. The third-order valence-electron chi connectivity index (χ3n) is 5.89. The quantitative estimate of drug-likeness (QED) is 0.540. The van der Waals surface area contributed by atoms with Crippen LogP contribution in [0.2, 0.25) is 0 Å². The summed E-state index contributed by atoms with van der Waals surface area (Å²) < 4.78 is 3.45. The van der Waals surface area contributed by atoms with Crippen LogP contribution in [-0.2, 0) is 0 Å². The van der Waals surface area contributed by atoms with Crippen LogP contribution in [0.5, 0.6) is 0 Å². The first-order valence-corrected chi connectivity index (χ1v) is 10.6. The van der Waals surface area contributed by atoms with Crippen molar-refractivity contribution in [3.63, 3.8) is 0 Å². The van der Waals surface area contributed by atoms with Crippen molar-refractivity contribution in [2.24, 2.45) is 0 Å². The number of rotatable bonds is 2. The molecule has 8 heteroatoms. The van der Waals surface area contributed by atoms with Gasteiger partial charge in [0.2, 0.25) is 0 Å². The summed E-state index contributed by atoms with van der Waals surface area (Å²) in [6.07, 6.45) is 3.79. The SMILES string of the molecule is Cc1cn2nc(-c3cc(=O)n4cc(N5CCNC(C)(C)C5)cc(C)c4n3)cc2c(C)n1. The van der Waals surface area contributed by atoms with E-state index in [1.54, 1.807) is 15.0 Å². The highest BCUT2D eigenvalue weighted by Crippen LogP contribution is 2.24. The van der Waals surface area contributed by atoms with E-state index in [0.29, 0.717) is 17.0 Å². The molecule has 4 aromatic rings. The Hall–Kier alpha value is -3.26. The van der Waals surface area contributed by atoms with Gasteiger partial charge in [-0.25, -0.2) is 9.50 Å². The Labute approximate surface area is 180 Å². The standard InChI is InChI=1S/C23H27N7O/c1-14-8-17(28-7-6-24-23(4,5)13-28)12-29-21(31)10-18(26-22(14)29)19-9-20-16(3)25-15(2)11-30(20)27-19/h8-12,24H,6-7,13H2,1-5H3. The minimum Gasteiger partial charge on any atom is -0.367 e. The van der Waals surface area contributed by atoms with Gasteiger partial charge in [-0.15, -0.1) is 0 Å². The van der Waals surface area contributed by atoms with E-state index in [1.807, 2.05) is 39.2 Å². The van der Waals surface area contributed by atoms with Crippen LogP contribution in [0, 0.1) is 20.8 Å². The van der Waals surface area contributed by atoms with Gasteiger partial charge in [-0.2, -0.15) is 5.10 Å². The lowest BCUT2D eigenvalue weighted by Gasteiger charge is -2.40. The van der Waals surface area contributed by atoms with E-state index < -0.39 is 0 Å². The monoisotopic (exact) mass is 417 g/mol. The number of nitrogens with one attached hydrogen (secondary N) is 1. The van der Waals surface area contributed by atoms with Crippen LogP contribution in [0.1, 0.15) is 30.8 Å². The molecule has 0 amide bonds. The van der Waals surface area contributed by atoms with Gasteiger partial charge in [-0.1, -0.05) is 0 Å². The maximum atomic E-state index is 13.1. The van der Waals surface area contributed by atoms with Crippen molar-refractivity contribution in [2.75, 3.05) is 24.5 Å². The van der Waals surface area contributed by atoms with Crippen LogP contribution in [0.25, 0.3) is 22.6 Å². The van der Waals surface area contributed by atoms with Gasteiger partial charge >= 0.3 is 0 Å². The summed E-state index contributed by atoms with van der Waals surface area (Å²) in [4.78, 5) is 24.7. The third kappa shape index (κ3) is 3.46. The van der Waals surface area contributed by atoms with Crippen LogP contribution in [0.15, 0.2) is 35.4 Å². The number of pyridine rings is 1. The molecule has 4 aromatic heterocycles. The number of hydrogen-bond acceptors (Lipinski definition) is 6. The maximum Gasteiger partial charge on any atom is 0.258 e. The summed E-state index contributed by atoms with van der Waals surface area (Å²) in [6.45, 7) is 13.0. The molecule has 1 aliphatic rings. The van der Waals surface area contributed by atoms with Gasteiger partial charge in [0.05, 0.1) is 34.5 Å². The van der Waals surface area contributed by atoms with Crippen LogP contribution in [0.4, 0.5) is 5.69 Å². The van der Waals surface area contributed by atoms with Crippen molar-refractivity contribution in [1.29, 1.82) is 0 Å². The van der Waals surface area contributed by atoms with E-state index in [4.69, 9.17) is 4.98 Å². The summed E-state index contributed by atoms with van der Waals surface area (Å²) in [7, 11) is 0. The van der Waals surface area contributed by atoms with E-state index in [1.165, 1.54) is 0 Å². The van der Waals surface area contributed by atoms with Gasteiger partial charge in [0, 0.05) is 37.4 Å². The first-order valence-electron chi connectivity index (χ1n) is 10.6. The molecule has 1 fully saturated rings. The van der Waals surface area contributed by atoms with Crippen molar-refractivity contribution in [3.8, 4) is 11.4 Å². The lowest BCUT2D eigenvalue weighted by atomic mass is 10.0. The zero-order chi connectivity index (χ0) is 21.9. The Morgan fingerprint density at radius 3 is 2.61 bits per heavy atom. The highest BCUT2D eigenvalue weighted by Gasteiger charge is 2.26. The minimum absolute atomic E-state index is 0.0304. The summed E-state index contributed by atoms with van der Waals surface area (Å²) in [5.41, 5.74) is 6.53. The number of fused-ring (bicyclic) bond motifs is 2. The highest BCUT2D eigenvalue weighted by atomic mass is 16.1. The zero-order valence-electron chi connectivity index (χ0n) is 18.6. The fourth-order valence-electron chi connectivity index (χ4n) is 4.43. The minimum atomic E-state index is -0.109. The second-order valence-corrected chi connectivity index (χ2v) is 9.11. The fourth-order valence-corrected chi connectivity index (χ4v) is 4.43. The van der Waals surface area contributed by atoms with Gasteiger partial charge in [0.15, 0.2) is 0 Å². The van der Waals surface area contributed by atoms with Crippen LogP contribution in [0.3, 0.4) is 0 Å². The summed E-state index contributed by atoms with van der Waals surface area (Å²) in [5.74, 6) is 0. The molecule has 1 N–H and O–H groups in total. The van der Waals surface area contributed by atoms with E-state index in [0.717, 1.165) is 47.8 Å². The first kappa shape index (κ1) is 19.7. The molecule has 0 aliphatic carbocycles. The van der Waals surface area contributed by atoms with Crippen LogP contribution in [-0.4, -0.2) is 49.2 Å². The van der Waals surface area contributed by atoms with Crippen molar-refractivity contribution in [3.05, 3.63) is 57.9 Å². The second-order valence-electron chi connectivity index (χ2n) is 9.11. The normalized spacial score (nSPS) is 16.4. The average Bonchev–Trinajstić information content (AvgIpc) is 3.12. The average molecular weight is 418 g/mol. The van der Waals surface area contributed by atoms with Crippen molar-refractivity contribution >= 4 is 16.9 Å². The predicted molar refractivity (Wildman–Crippen MR) is 122 cm³/mol. The molecule has 0 spiro atoms. The predicted octanol–water partition coefficient (Wildman–Crippen LogP) is 2.52. The molecule has 31 heavy (non-hydrogen) atoms. The van der Waals surface area contributed by atoms with Crippen molar-refractivity contribution in [1.82, 2.24) is 29.3 Å². The lowest BCUT2D eigenvalue weighted by molar-refractivity contribution is 0.353. The van der Waals surface area contributed by atoms with Gasteiger partial charge in [-0.05, 0) is 52.3 Å². The van der Waals surface area contributed by atoms with Gasteiger partial charge < -0.3 is 10.2 Å². The fraction of sp³-hybridized carbons (Fsp3) is 0.391.